The molecule has 1 rings (SSSR count). The molecule has 0 saturated carbocycles. The molecule has 0 N–H and O–H groups in total. The summed E-state index contributed by atoms with van der Waals surface area (Å²) in [5.74, 6) is 0. The molecule has 0 spiro atoms. The Hall–Kier alpha value is 0.892. The Bertz CT molecular complexity index is 190. The van der Waals surface area contributed by atoms with Gasteiger partial charge in [-0.15, -0.1) is 0 Å². The van der Waals surface area contributed by atoms with Gasteiger partial charge in [0.15, 0.2) is 0 Å². The van der Waals surface area contributed by atoms with Gasteiger partial charge in [0, 0.05) is 0 Å². The molecule has 0 nitrogen and oxygen atoms in total. The van der Waals surface area contributed by atoms with Crippen LogP contribution in [0.1, 0.15) is 0 Å². The first-order valence-electron chi connectivity index (χ1n) is 2.56. The topological polar surface area (TPSA) is 0 Å². The molecule has 1 unspecified atom stereocenters. The van der Waals surface area contributed by atoms with Crippen molar-refractivity contribution in [3.63, 3.8) is 0 Å². The first kappa shape index (κ1) is 8.98. The van der Waals surface area contributed by atoms with Crippen LogP contribution < -0.4 is 5.30 Å². The van der Waals surface area contributed by atoms with Crippen LogP contribution in [0, 0.1) is 0 Å². The second-order valence-corrected chi connectivity index (χ2v) is 12.1. The third kappa shape index (κ3) is 3.33. The van der Waals surface area contributed by atoms with E-state index < -0.39 is 14.2 Å². The molecule has 0 aliphatic rings. The minimum absolute atomic E-state index is 0.608. The Labute approximate surface area is 75.4 Å². The summed E-state index contributed by atoms with van der Waals surface area (Å²) in [7, 11) is 11.4. The number of rotatable bonds is 2. The van der Waals surface area contributed by atoms with Crippen molar-refractivity contribution in [2.45, 2.75) is 0 Å². The van der Waals surface area contributed by atoms with Crippen molar-refractivity contribution in [3.8, 4) is 0 Å². The molecular formula is C6H6Cl2PPd. The van der Waals surface area contributed by atoms with Crippen molar-refractivity contribution in [1.29, 1.82) is 0 Å². The van der Waals surface area contributed by atoms with Gasteiger partial charge >= 0.3 is 75.7 Å². The predicted octanol–water partition coefficient (Wildman–Crippen LogP) is 2.83. The van der Waals surface area contributed by atoms with Crippen LogP contribution in [0.2, 0.25) is 0 Å². The van der Waals surface area contributed by atoms with E-state index in [4.69, 9.17) is 19.1 Å². The second-order valence-electron chi connectivity index (χ2n) is 1.61. The standard InChI is InChI=1S/C6H6P.2ClH.Pd/c7-6-4-2-1-3-5-6;;;/h1-5,7H;2*1H;/q-1;;;+3/p-2. The normalized spacial score (nSPS) is 12.4. The Morgan fingerprint density at radius 2 is 1.70 bits per heavy atom. The summed E-state index contributed by atoms with van der Waals surface area (Å²) < 4.78 is 0. The second kappa shape index (κ2) is 4.71. The first-order chi connectivity index (χ1) is 4.79. The fraction of sp³-hybridized carbons (Fsp3) is 0. The molecule has 1 aromatic carbocycles. The third-order valence-electron chi connectivity index (χ3n) is 0.925. The molecule has 0 bridgehead atoms. The van der Waals surface area contributed by atoms with Gasteiger partial charge in [0.25, 0.3) is 0 Å². The number of halogens is 2. The molecule has 0 heterocycles. The van der Waals surface area contributed by atoms with Crippen LogP contribution in [-0.2, 0) is 14.2 Å². The van der Waals surface area contributed by atoms with Crippen molar-refractivity contribution in [3.05, 3.63) is 30.3 Å². The van der Waals surface area contributed by atoms with E-state index in [-0.39, 0.29) is 0 Å². The number of hydrogen-bond donors (Lipinski definition) is 0. The Morgan fingerprint density at radius 3 is 2.20 bits per heavy atom. The molecule has 0 aliphatic carbocycles. The van der Waals surface area contributed by atoms with E-state index in [0.29, 0.717) is 6.77 Å². The average Bonchev–Trinajstić information content (AvgIpc) is 1.88. The summed E-state index contributed by atoms with van der Waals surface area (Å²) in [6.45, 7) is 0.608. The molecule has 59 valence electrons. The summed E-state index contributed by atoms with van der Waals surface area (Å²) in [4.78, 5) is 0. The van der Waals surface area contributed by atoms with Crippen LogP contribution >= 0.6 is 25.8 Å². The third-order valence-corrected chi connectivity index (χ3v) is 5.91. The summed E-state index contributed by atoms with van der Waals surface area (Å²) in [5, 5.41) is 1.26. The van der Waals surface area contributed by atoms with E-state index in [1.165, 1.54) is 5.30 Å². The number of benzene rings is 1. The zero-order valence-electron chi connectivity index (χ0n) is 4.96. The van der Waals surface area contributed by atoms with Gasteiger partial charge in [0.2, 0.25) is 0 Å². The van der Waals surface area contributed by atoms with E-state index in [1.807, 2.05) is 18.2 Å². The molecule has 0 radical (unpaired) electrons. The van der Waals surface area contributed by atoms with E-state index in [9.17, 15) is 0 Å². The SMILES string of the molecule is [Cl][Pd]([Cl])[PH]c1ccccc1. The fourth-order valence-corrected chi connectivity index (χ4v) is 5.24. The van der Waals surface area contributed by atoms with Crippen molar-refractivity contribution < 1.29 is 14.2 Å². The van der Waals surface area contributed by atoms with Gasteiger partial charge in [-0.05, 0) is 0 Å². The van der Waals surface area contributed by atoms with Crippen LogP contribution in [0.4, 0.5) is 0 Å². The fourth-order valence-electron chi connectivity index (χ4n) is 0.560. The predicted molar refractivity (Wildman–Crippen MR) is 46.1 cm³/mol. The Morgan fingerprint density at radius 1 is 1.10 bits per heavy atom. The minimum atomic E-state index is -1.24. The zero-order chi connectivity index (χ0) is 7.40. The van der Waals surface area contributed by atoms with E-state index in [2.05, 4.69) is 12.1 Å². The van der Waals surface area contributed by atoms with Crippen molar-refractivity contribution >= 4 is 31.1 Å². The quantitative estimate of drug-likeness (QED) is 0.579. The van der Waals surface area contributed by atoms with Crippen LogP contribution in [0.25, 0.3) is 0 Å². The Kier molecular flexibility index (Phi) is 4.23. The van der Waals surface area contributed by atoms with Crippen LogP contribution in [0.3, 0.4) is 0 Å². The van der Waals surface area contributed by atoms with Gasteiger partial charge in [0.1, 0.15) is 0 Å². The Balaban J connectivity index is 2.59. The van der Waals surface area contributed by atoms with E-state index in [1.54, 1.807) is 0 Å². The summed E-state index contributed by atoms with van der Waals surface area (Å²) in [6, 6.07) is 10.1. The van der Waals surface area contributed by atoms with E-state index in [0.717, 1.165) is 0 Å². The van der Waals surface area contributed by atoms with Gasteiger partial charge in [-0.3, -0.25) is 0 Å². The molecular weight excluding hydrogens is 280 g/mol. The molecule has 1 atom stereocenters. The van der Waals surface area contributed by atoms with E-state index >= 15 is 0 Å². The molecule has 0 aromatic heterocycles. The van der Waals surface area contributed by atoms with Gasteiger partial charge in [-0.25, -0.2) is 0 Å². The van der Waals surface area contributed by atoms with Crippen molar-refractivity contribution in [2.75, 3.05) is 0 Å². The number of hydrogen-bond acceptors (Lipinski definition) is 0. The summed E-state index contributed by atoms with van der Waals surface area (Å²) >= 11 is -1.24. The maximum absolute atomic E-state index is 5.71. The van der Waals surface area contributed by atoms with Crippen molar-refractivity contribution in [2.24, 2.45) is 0 Å². The van der Waals surface area contributed by atoms with Crippen LogP contribution in [0.5, 0.6) is 0 Å². The van der Waals surface area contributed by atoms with Gasteiger partial charge in [-0.2, -0.15) is 0 Å². The summed E-state index contributed by atoms with van der Waals surface area (Å²) in [6.07, 6.45) is 0. The van der Waals surface area contributed by atoms with Crippen LogP contribution in [-0.4, -0.2) is 0 Å². The zero-order valence-corrected chi connectivity index (χ0v) is 9.03. The van der Waals surface area contributed by atoms with Gasteiger partial charge in [-0.1, -0.05) is 0 Å². The molecule has 10 heavy (non-hydrogen) atoms. The molecule has 0 fully saturated rings. The monoisotopic (exact) mass is 285 g/mol. The molecule has 0 amide bonds. The van der Waals surface area contributed by atoms with Crippen LogP contribution in [0.15, 0.2) is 30.3 Å². The van der Waals surface area contributed by atoms with Gasteiger partial charge in [0.05, 0.1) is 0 Å². The average molecular weight is 286 g/mol. The van der Waals surface area contributed by atoms with Gasteiger partial charge < -0.3 is 0 Å². The molecule has 1 aromatic rings. The first-order valence-corrected chi connectivity index (χ1v) is 9.71. The molecule has 0 aliphatic heterocycles. The van der Waals surface area contributed by atoms with Crippen molar-refractivity contribution in [1.82, 2.24) is 0 Å². The molecule has 4 heteroatoms. The maximum atomic E-state index is 5.71. The molecule has 0 saturated heterocycles. The summed E-state index contributed by atoms with van der Waals surface area (Å²) in [5.41, 5.74) is 0.